The van der Waals surface area contributed by atoms with Crippen LogP contribution in [0.4, 0.5) is 0 Å². The van der Waals surface area contributed by atoms with Gasteiger partial charge in [0.15, 0.2) is 5.60 Å². The number of aliphatic hydroxyl groups is 1. The standard InChI is InChI=1S/C26H27NO5/c1-30-21-11-7-10-20(15-21)26(29)24(14-19-12-22(31-2)16-23(13-19)32-3)27(25(26)28)17-18-8-5-4-6-9-18/h4-13,15-16,24,29H,14,17H2,1-3H3/t24-,26+/m0/s1. The van der Waals surface area contributed by atoms with Crippen molar-refractivity contribution in [1.82, 2.24) is 4.90 Å². The number of rotatable bonds is 8. The SMILES string of the molecule is COc1cc(C[C@@H]2N(Cc3ccccc3)C(=O)[C@@]2(O)c2cccc(OC)c2)cc(OC)c1. The number of β-lactam (4-membered cyclic amide) rings is 1. The van der Waals surface area contributed by atoms with Crippen LogP contribution in [0, 0.1) is 0 Å². The summed E-state index contributed by atoms with van der Waals surface area (Å²) in [4.78, 5) is 15.0. The van der Waals surface area contributed by atoms with Gasteiger partial charge in [-0.05, 0) is 47.4 Å². The molecule has 0 saturated carbocycles. The molecule has 1 saturated heterocycles. The Labute approximate surface area is 188 Å². The van der Waals surface area contributed by atoms with Crippen molar-refractivity contribution in [2.24, 2.45) is 0 Å². The molecule has 0 aromatic heterocycles. The molecule has 32 heavy (non-hydrogen) atoms. The minimum Gasteiger partial charge on any atom is -0.497 e. The fraction of sp³-hybridized carbons (Fsp3) is 0.269. The van der Waals surface area contributed by atoms with E-state index < -0.39 is 11.6 Å². The summed E-state index contributed by atoms with van der Waals surface area (Å²) in [6, 6.07) is 21.9. The zero-order chi connectivity index (χ0) is 22.7. The van der Waals surface area contributed by atoms with Crippen LogP contribution in [0.25, 0.3) is 0 Å². The first-order valence-electron chi connectivity index (χ1n) is 10.4. The first-order chi connectivity index (χ1) is 15.5. The predicted molar refractivity (Wildman–Crippen MR) is 121 cm³/mol. The van der Waals surface area contributed by atoms with Crippen LogP contribution < -0.4 is 14.2 Å². The molecule has 4 rings (SSSR count). The van der Waals surface area contributed by atoms with Crippen LogP contribution in [0.5, 0.6) is 17.2 Å². The van der Waals surface area contributed by atoms with Crippen LogP contribution in [0.1, 0.15) is 16.7 Å². The van der Waals surface area contributed by atoms with Gasteiger partial charge in [0.05, 0.1) is 27.4 Å². The summed E-state index contributed by atoms with van der Waals surface area (Å²) in [5.41, 5.74) is 0.769. The lowest BCUT2D eigenvalue weighted by atomic mass is 9.73. The van der Waals surface area contributed by atoms with Crippen LogP contribution in [-0.4, -0.2) is 43.3 Å². The maximum atomic E-state index is 13.3. The molecule has 1 amide bonds. The number of amides is 1. The summed E-state index contributed by atoms with van der Waals surface area (Å²) < 4.78 is 16.1. The average molecular weight is 434 g/mol. The molecule has 0 radical (unpaired) electrons. The van der Waals surface area contributed by atoms with Crippen LogP contribution >= 0.6 is 0 Å². The minimum atomic E-state index is -1.65. The molecular formula is C26H27NO5. The van der Waals surface area contributed by atoms with E-state index in [9.17, 15) is 9.90 Å². The van der Waals surface area contributed by atoms with Crippen molar-refractivity contribution in [3.63, 3.8) is 0 Å². The Hall–Kier alpha value is -3.51. The van der Waals surface area contributed by atoms with E-state index in [4.69, 9.17) is 14.2 Å². The Kier molecular flexibility index (Phi) is 6.06. The topological polar surface area (TPSA) is 68.2 Å². The predicted octanol–water partition coefficient (Wildman–Crippen LogP) is 3.55. The summed E-state index contributed by atoms with van der Waals surface area (Å²) in [5, 5.41) is 11.7. The number of benzene rings is 3. The first-order valence-corrected chi connectivity index (χ1v) is 10.4. The van der Waals surface area contributed by atoms with Crippen molar-refractivity contribution in [1.29, 1.82) is 0 Å². The van der Waals surface area contributed by atoms with E-state index in [1.807, 2.05) is 42.5 Å². The monoisotopic (exact) mass is 433 g/mol. The molecule has 0 bridgehead atoms. The highest BCUT2D eigenvalue weighted by atomic mass is 16.5. The summed E-state index contributed by atoms with van der Waals surface area (Å²) in [5.74, 6) is 1.58. The third-order valence-corrected chi connectivity index (χ3v) is 5.99. The van der Waals surface area contributed by atoms with Crippen LogP contribution in [0.2, 0.25) is 0 Å². The van der Waals surface area contributed by atoms with Gasteiger partial charge in [0.2, 0.25) is 0 Å². The molecule has 0 unspecified atom stereocenters. The Morgan fingerprint density at radius 3 is 2.09 bits per heavy atom. The molecule has 1 N–H and O–H groups in total. The zero-order valence-corrected chi connectivity index (χ0v) is 18.4. The van der Waals surface area contributed by atoms with Gasteiger partial charge in [-0.2, -0.15) is 0 Å². The molecular weight excluding hydrogens is 406 g/mol. The normalized spacial score (nSPS) is 19.9. The minimum absolute atomic E-state index is 0.325. The number of hydrogen-bond donors (Lipinski definition) is 1. The van der Waals surface area contributed by atoms with Gasteiger partial charge in [0.25, 0.3) is 5.91 Å². The van der Waals surface area contributed by atoms with Crippen molar-refractivity contribution in [3.8, 4) is 17.2 Å². The van der Waals surface area contributed by atoms with Crippen molar-refractivity contribution < 1.29 is 24.1 Å². The van der Waals surface area contributed by atoms with Gasteiger partial charge < -0.3 is 24.2 Å². The van der Waals surface area contributed by atoms with Crippen molar-refractivity contribution in [2.45, 2.75) is 24.6 Å². The fourth-order valence-electron chi connectivity index (χ4n) is 4.27. The van der Waals surface area contributed by atoms with E-state index in [0.717, 1.165) is 11.1 Å². The molecule has 1 aliphatic heterocycles. The molecule has 3 aromatic carbocycles. The summed E-state index contributed by atoms with van der Waals surface area (Å²) >= 11 is 0. The molecule has 1 aliphatic rings. The Morgan fingerprint density at radius 1 is 0.812 bits per heavy atom. The number of methoxy groups -OCH3 is 3. The molecule has 0 aliphatic carbocycles. The number of ether oxygens (including phenoxy) is 3. The highest BCUT2D eigenvalue weighted by Gasteiger charge is 2.60. The Balaban J connectivity index is 1.72. The highest BCUT2D eigenvalue weighted by molar-refractivity contribution is 5.94. The second kappa shape index (κ2) is 8.93. The van der Waals surface area contributed by atoms with E-state index >= 15 is 0 Å². The van der Waals surface area contributed by atoms with Gasteiger partial charge in [-0.15, -0.1) is 0 Å². The molecule has 0 spiro atoms. The largest absolute Gasteiger partial charge is 0.497 e. The number of likely N-dealkylation sites (tertiary alicyclic amines) is 1. The van der Waals surface area contributed by atoms with Gasteiger partial charge >= 0.3 is 0 Å². The van der Waals surface area contributed by atoms with E-state index in [1.54, 1.807) is 56.6 Å². The lowest BCUT2D eigenvalue weighted by molar-refractivity contribution is -0.196. The zero-order valence-electron chi connectivity index (χ0n) is 18.4. The van der Waals surface area contributed by atoms with Crippen LogP contribution in [0.15, 0.2) is 72.8 Å². The van der Waals surface area contributed by atoms with Gasteiger partial charge in [0, 0.05) is 12.6 Å². The Morgan fingerprint density at radius 2 is 1.47 bits per heavy atom. The number of nitrogens with zero attached hydrogens (tertiary/aromatic N) is 1. The van der Waals surface area contributed by atoms with Crippen molar-refractivity contribution in [3.05, 3.63) is 89.5 Å². The number of carbonyl (C=O) groups is 1. The van der Waals surface area contributed by atoms with E-state index in [-0.39, 0.29) is 5.91 Å². The second-order valence-electron chi connectivity index (χ2n) is 7.86. The molecule has 3 aromatic rings. The van der Waals surface area contributed by atoms with Crippen LogP contribution in [0.3, 0.4) is 0 Å². The molecule has 6 heteroatoms. The molecule has 2 atom stereocenters. The lowest BCUT2D eigenvalue weighted by Gasteiger charge is -2.53. The smallest absolute Gasteiger partial charge is 0.262 e. The van der Waals surface area contributed by atoms with E-state index in [0.29, 0.717) is 35.8 Å². The maximum Gasteiger partial charge on any atom is 0.262 e. The highest BCUT2D eigenvalue weighted by Crippen LogP contribution is 2.44. The molecule has 6 nitrogen and oxygen atoms in total. The third kappa shape index (κ3) is 3.89. The van der Waals surface area contributed by atoms with Gasteiger partial charge in [-0.3, -0.25) is 4.79 Å². The fourth-order valence-corrected chi connectivity index (χ4v) is 4.27. The van der Waals surface area contributed by atoms with E-state index in [2.05, 4.69) is 0 Å². The molecule has 166 valence electrons. The van der Waals surface area contributed by atoms with Gasteiger partial charge in [-0.1, -0.05) is 42.5 Å². The first kappa shape index (κ1) is 21.7. The molecule has 1 heterocycles. The number of hydrogen-bond acceptors (Lipinski definition) is 5. The third-order valence-electron chi connectivity index (χ3n) is 5.99. The lowest BCUT2D eigenvalue weighted by Crippen LogP contribution is -2.71. The average Bonchev–Trinajstić information content (AvgIpc) is 2.85. The van der Waals surface area contributed by atoms with Crippen LogP contribution in [-0.2, 0) is 23.4 Å². The Bertz CT molecular complexity index is 1080. The van der Waals surface area contributed by atoms with E-state index in [1.165, 1.54) is 0 Å². The van der Waals surface area contributed by atoms with Gasteiger partial charge in [-0.25, -0.2) is 0 Å². The summed E-state index contributed by atoms with van der Waals surface area (Å²) in [6.07, 6.45) is 0.430. The summed E-state index contributed by atoms with van der Waals surface area (Å²) in [6.45, 7) is 0.414. The maximum absolute atomic E-state index is 13.3. The quantitative estimate of drug-likeness (QED) is 0.551. The van der Waals surface area contributed by atoms with Crippen molar-refractivity contribution in [2.75, 3.05) is 21.3 Å². The number of carbonyl (C=O) groups excluding carboxylic acids is 1. The molecule has 1 fully saturated rings. The second-order valence-corrected chi connectivity index (χ2v) is 7.86. The van der Waals surface area contributed by atoms with Crippen molar-refractivity contribution >= 4 is 5.91 Å². The van der Waals surface area contributed by atoms with Gasteiger partial charge in [0.1, 0.15) is 17.2 Å². The summed E-state index contributed by atoms with van der Waals surface area (Å²) in [7, 11) is 4.76.